The quantitative estimate of drug-likeness (QED) is 0.0611. The first-order chi connectivity index (χ1) is 35.5. The van der Waals surface area contributed by atoms with Gasteiger partial charge in [-0.05, 0) is 136 Å². The molecule has 6 fully saturated rings. The number of nitrogens with two attached hydrogens (primary N) is 1. The van der Waals surface area contributed by atoms with Crippen LogP contribution in [0.1, 0.15) is 102 Å². The summed E-state index contributed by atoms with van der Waals surface area (Å²) in [5.41, 5.74) is 13.0. The van der Waals surface area contributed by atoms with Crippen LogP contribution in [0.2, 0.25) is 10.0 Å². The van der Waals surface area contributed by atoms with Crippen LogP contribution in [0.5, 0.6) is 0 Å². The summed E-state index contributed by atoms with van der Waals surface area (Å²) < 4.78 is 37.4. The zero-order valence-corrected chi connectivity index (χ0v) is 41.3. The fourth-order valence-corrected chi connectivity index (χ4v) is 12.4. The van der Waals surface area contributed by atoms with E-state index in [4.69, 9.17) is 38.9 Å². The number of aromatic nitrogens is 5. The smallest absolute Gasteiger partial charge is 0.399 e. The number of allylic oxidation sites excluding steroid dienone is 1. The molecule has 3 heterocycles. The minimum absolute atomic E-state index is 0.0410. The molecule has 0 spiro atoms. The van der Waals surface area contributed by atoms with E-state index >= 15 is 0 Å². The number of rotatable bonds is 11. The standard InChI is InChI=1S/C29H25ClF3N5O2.C26H25ClN6O/c30-22-14-34-26(36-23(22)21-11-8-17-4-1-2-5-20(17)21)38-28-13-3-12-27(15-28,16-28)37-24(39)18-6-9-19(10-7-18)35-25(40)29(31,32)33;27-20-13-30-24(31-22(20)19-12-29-21-5-2-1-4-18(19)21)33-26-11-3-10-25(14-26,15-26)32-23(34)16-6-8-17(28)9-7-16/h1-2,4-7,9-11,14H,3,8,12-13,15-16H2,(H,35,40)(H,37,39)(H,34,36,38);1-2,4-9,12-13,29H,3,10-11,14-15,28H2,(H,32,34)(H,30,31,33). The number of hydrogen-bond acceptors (Lipinski definition) is 10. The SMILES string of the molecule is Nc1ccc(C(=O)NC23CCCC(Nc4ncc(Cl)c(-c5c[nH]c6ccccc56)n4)(C2)C3)cc1.O=C(NC12CCCC(Nc3ncc(Cl)c(C4=CCc5ccccc54)n3)(C1)C2)c1ccc(NC(=O)C(F)(F)F)cc1. The summed E-state index contributed by atoms with van der Waals surface area (Å²) in [6.07, 6.45) is 11.9. The second kappa shape index (κ2) is 18.8. The van der Waals surface area contributed by atoms with Gasteiger partial charge in [0, 0.05) is 72.9 Å². The zero-order chi connectivity index (χ0) is 51.5. The molecule has 0 saturated heterocycles. The Balaban J connectivity index is 0.000000161. The molecule has 0 atom stereocenters. The number of nitrogens with zero attached hydrogens (tertiary/aromatic N) is 4. The number of halogens is 5. The van der Waals surface area contributed by atoms with Gasteiger partial charge < -0.3 is 37.3 Å². The van der Waals surface area contributed by atoms with Gasteiger partial charge in [-0.1, -0.05) is 71.7 Å². The van der Waals surface area contributed by atoms with Crippen LogP contribution in [0.4, 0.5) is 36.4 Å². The summed E-state index contributed by atoms with van der Waals surface area (Å²) in [4.78, 5) is 58.7. The fourth-order valence-electron chi connectivity index (χ4n) is 12.0. The summed E-state index contributed by atoms with van der Waals surface area (Å²) in [7, 11) is 0. The number of benzene rings is 4. The number of para-hydroxylation sites is 1. The number of H-pyrrole nitrogens is 1. The van der Waals surface area contributed by atoms with Gasteiger partial charge in [0.1, 0.15) is 0 Å². The maximum atomic E-state index is 13.0. The summed E-state index contributed by atoms with van der Waals surface area (Å²) >= 11 is 13.0. The largest absolute Gasteiger partial charge is 0.471 e. The molecule has 0 radical (unpaired) electrons. The van der Waals surface area contributed by atoms with Crippen molar-refractivity contribution < 1.29 is 27.6 Å². The van der Waals surface area contributed by atoms with Crippen molar-refractivity contribution in [3.63, 3.8) is 0 Å². The fraction of sp³-hybridized carbons (Fsp3) is 0.291. The third-order valence-electron chi connectivity index (χ3n) is 15.1. The zero-order valence-electron chi connectivity index (χ0n) is 39.8. The van der Waals surface area contributed by atoms with E-state index in [1.54, 1.807) is 42.0 Å². The van der Waals surface area contributed by atoms with E-state index in [-0.39, 0.29) is 34.1 Å². The second-order valence-corrected chi connectivity index (χ2v) is 21.2. The average molecular weight is 1040 g/mol. The molecular weight excluding hydrogens is 991 g/mol. The summed E-state index contributed by atoms with van der Waals surface area (Å²) in [6, 6.07) is 28.6. The van der Waals surface area contributed by atoms with E-state index in [2.05, 4.69) is 60.5 Å². The van der Waals surface area contributed by atoms with Gasteiger partial charge in [-0.2, -0.15) is 13.2 Å². The van der Waals surface area contributed by atoms with Crippen molar-refractivity contribution in [2.45, 2.75) is 99.0 Å². The highest BCUT2D eigenvalue weighted by atomic mass is 35.5. The number of fused-ring (bicyclic) bond motifs is 6. The van der Waals surface area contributed by atoms with Crippen molar-refractivity contribution >= 4 is 80.7 Å². The lowest BCUT2D eigenvalue weighted by atomic mass is 9.54. The van der Waals surface area contributed by atoms with Crippen LogP contribution in [-0.2, 0) is 11.2 Å². The van der Waals surface area contributed by atoms with Gasteiger partial charge >= 0.3 is 12.1 Å². The average Bonchev–Trinajstić information content (AvgIpc) is 4.00. The van der Waals surface area contributed by atoms with E-state index in [9.17, 15) is 27.6 Å². The Hall–Kier alpha value is -7.50. The molecule has 19 heteroatoms. The Bertz CT molecular complexity index is 3370. The molecule has 7 aromatic rings. The molecule has 74 heavy (non-hydrogen) atoms. The number of carbonyl (C=O) groups is 3. The first-order valence-electron chi connectivity index (χ1n) is 24.4. The predicted octanol–water partition coefficient (Wildman–Crippen LogP) is 11.1. The molecule has 0 unspecified atom stereocenters. The molecular formula is C55H50Cl2F3N11O3. The number of aromatic amines is 1. The van der Waals surface area contributed by atoms with Crippen LogP contribution >= 0.6 is 23.2 Å². The third-order valence-corrected chi connectivity index (χ3v) is 15.6. The molecule has 14 rings (SSSR count). The molecule has 4 bridgehead atoms. The summed E-state index contributed by atoms with van der Waals surface area (Å²) in [5.74, 6) is -1.39. The molecule has 3 aromatic heterocycles. The monoisotopic (exact) mass is 1040 g/mol. The molecule has 3 amide bonds. The van der Waals surface area contributed by atoms with E-state index in [1.807, 2.05) is 36.5 Å². The van der Waals surface area contributed by atoms with Crippen molar-refractivity contribution in [3.05, 3.63) is 160 Å². The van der Waals surface area contributed by atoms with Crippen LogP contribution < -0.4 is 32.3 Å². The molecule has 8 N–H and O–H groups in total. The lowest BCUT2D eigenvalue weighted by Crippen LogP contribution is -2.70. The highest BCUT2D eigenvalue weighted by molar-refractivity contribution is 6.33. The maximum Gasteiger partial charge on any atom is 0.471 e. The van der Waals surface area contributed by atoms with Crippen LogP contribution in [0.3, 0.4) is 0 Å². The Morgan fingerprint density at radius 1 is 0.635 bits per heavy atom. The predicted molar refractivity (Wildman–Crippen MR) is 280 cm³/mol. The van der Waals surface area contributed by atoms with E-state index in [0.717, 1.165) is 85.4 Å². The number of amides is 3. The lowest BCUT2D eigenvalue weighted by molar-refractivity contribution is -0.167. The molecule has 4 aromatic carbocycles. The minimum atomic E-state index is -4.99. The van der Waals surface area contributed by atoms with Crippen molar-refractivity contribution in [2.24, 2.45) is 0 Å². The van der Waals surface area contributed by atoms with E-state index < -0.39 is 17.6 Å². The van der Waals surface area contributed by atoms with Gasteiger partial charge in [-0.25, -0.2) is 19.9 Å². The van der Waals surface area contributed by atoms with Gasteiger partial charge in [0.15, 0.2) is 0 Å². The number of hydrogen-bond donors (Lipinski definition) is 7. The van der Waals surface area contributed by atoms with Gasteiger partial charge in [0.25, 0.3) is 11.8 Å². The van der Waals surface area contributed by atoms with E-state index in [1.165, 1.54) is 29.8 Å². The maximum absolute atomic E-state index is 13.0. The molecule has 7 aliphatic carbocycles. The Morgan fingerprint density at radius 3 is 1.77 bits per heavy atom. The van der Waals surface area contributed by atoms with Gasteiger partial charge in [-0.15, -0.1) is 0 Å². The van der Waals surface area contributed by atoms with Crippen LogP contribution in [-0.4, -0.2) is 71.0 Å². The molecule has 6 saturated carbocycles. The van der Waals surface area contributed by atoms with Crippen molar-refractivity contribution in [3.8, 4) is 11.3 Å². The Labute approximate surface area is 433 Å². The normalized spacial score (nSPS) is 23.1. The van der Waals surface area contributed by atoms with Crippen molar-refractivity contribution in [1.29, 1.82) is 0 Å². The van der Waals surface area contributed by atoms with Gasteiger partial charge in [0.05, 0.1) is 33.8 Å². The number of alkyl halides is 3. The lowest BCUT2D eigenvalue weighted by Gasteiger charge is -2.61. The van der Waals surface area contributed by atoms with Crippen molar-refractivity contribution in [1.82, 2.24) is 35.6 Å². The first-order valence-corrected chi connectivity index (χ1v) is 25.2. The highest BCUT2D eigenvalue weighted by Crippen LogP contribution is 2.55. The van der Waals surface area contributed by atoms with Crippen LogP contribution in [0.15, 0.2) is 122 Å². The number of nitrogens with one attached hydrogen (secondary N) is 6. The first kappa shape index (κ1) is 48.8. The van der Waals surface area contributed by atoms with Crippen LogP contribution in [0, 0.1) is 0 Å². The number of nitrogen functional groups attached to an aromatic ring is 1. The summed E-state index contributed by atoms with van der Waals surface area (Å²) in [5, 5.41) is 17.4. The van der Waals surface area contributed by atoms with Gasteiger partial charge in [-0.3, -0.25) is 14.4 Å². The third kappa shape index (κ3) is 9.61. The Morgan fingerprint density at radius 2 is 1.16 bits per heavy atom. The second-order valence-electron chi connectivity index (χ2n) is 20.4. The van der Waals surface area contributed by atoms with Crippen LogP contribution in [0.25, 0.3) is 27.7 Å². The Kier molecular flexibility index (Phi) is 12.4. The molecule has 14 nitrogen and oxygen atoms in total. The summed E-state index contributed by atoms with van der Waals surface area (Å²) in [6.45, 7) is 0. The molecule has 378 valence electrons. The molecule has 0 aliphatic heterocycles. The number of carbonyl (C=O) groups excluding carboxylic acids is 3. The minimum Gasteiger partial charge on any atom is -0.399 e. The number of anilines is 4. The van der Waals surface area contributed by atoms with Gasteiger partial charge in [0.2, 0.25) is 11.9 Å². The van der Waals surface area contributed by atoms with Crippen molar-refractivity contribution in [2.75, 3.05) is 21.7 Å². The molecule has 7 aliphatic rings. The highest BCUT2D eigenvalue weighted by Gasteiger charge is 2.59. The topological polar surface area (TPSA) is 205 Å². The van der Waals surface area contributed by atoms with E-state index in [0.29, 0.717) is 63.0 Å².